The van der Waals surface area contributed by atoms with Crippen LogP contribution in [0.5, 0.6) is 0 Å². The summed E-state index contributed by atoms with van der Waals surface area (Å²) < 4.78 is 4.94. The molecule has 0 amide bonds. The SMILES string of the molecule is CCOC(=O)c1ccc2nc(C)cc(N=[N+]=[N-])c2c1. The number of hydrogen-bond acceptors (Lipinski definition) is 4. The summed E-state index contributed by atoms with van der Waals surface area (Å²) in [5, 5.41) is 4.26. The van der Waals surface area contributed by atoms with Gasteiger partial charge in [-0.15, -0.1) is 0 Å². The number of benzene rings is 1. The maximum Gasteiger partial charge on any atom is 0.338 e. The minimum Gasteiger partial charge on any atom is -0.462 e. The number of nitrogens with zero attached hydrogens (tertiary/aromatic N) is 4. The number of ether oxygens (including phenoxy) is 1. The average molecular weight is 256 g/mol. The van der Waals surface area contributed by atoms with Gasteiger partial charge >= 0.3 is 5.97 Å². The fraction of sp³-hybridized carbons (Fsp3) is 0.231. The molecule has 0 unspecified atom stereocenters. The van der Waals surface area contributed by atoms with Crippen molar-refractivity contribution in [1.82, 2.24) is 4.98 Å². The zero-order chi connectivity index (χ0) is 13.8. The molecule has 0 N–H and O–H groups in total. The molecule has 19 heavy (non-hydrogen) atoms. The van der Waals surface area contributed by atoms with Gasteiger partial charge in [-0.25, -0.2) is 4.79 Å². The highest BCUT2D eigenvalue weighted by Gasteiger charge is 2.09. The van der Waals surface area contributed by atoms with Crippen molar-refractivity contribution in [2.45, 2.75) is 13.8 Å². The van der Waals surface area contributed by atoms with E-state index in [9.17, 15) is 4.79 Å². The molecule has 6 heteroatoms. The van der Waals surface area contributed by atoms with Crippen LogP contribution in [0.15, 0.2) is 29.4 Å². The molecule has 0 bridgehead atoms. The van der Waals surface area contributed by atoms with Crippen LogP contribution in [0.4, 0.5) is 5.69 Å². The van der Waals surface area contributed by atoms with Gasteiger partial charge in [0.25, 0.3) is 0 Å². The van der Waals surface area contributed by atoms with Crippen molar-refractivity contribution in [3.05, 3.63) is 46.0 Å². The van der Waals surface area contributed by atoms with Gasteiger partial charge in [0, 0.05) is 21.7 Å². The average Bonchev–Trinajstić information content (AvgIpc) is 2.38. The second-order valence-corrected chi connectivity index (χ2v) is 3.92. The van der Waals surface area contributed by atoms with Crippen molar-refractivity contribution in [2.75, 3.05) is 6.61 Å². The first-order valence-corrected chi connectivity index (χ1v) is 5.79. The maximum absolute atomic E-state index is 11.7. The quantitative estimate of drug-likeness (QED) is 0.363. The lowest BCUT2D eigenvalue weighted by atomic mass is 10.1. The largest absolute Gasteiger partial charge is 0.462 e. The van der Waals surface area contributed by atoms with E-state index in [0.717, 1.165) is 5.69 Å². The number of hydrogen-bond donors (Lipinski definition) is 0. The summed E-state index contributed by atoms with van der Waals surface area (Å²) in [5.74, 6) is -0.406. The minimum absolute atomic E-state index is 0.312. The van der Waals surface area contributed by atoms with E-state index in [1.54, 1.807) is 31.2 Å². The van der Waals surface area contributed by atoms with Crippen LogP contribution in [0.2, 0.25) is 0 Å². The Bertz CT molecular complexity index is 690. The number of pyridine rings is 1. The number of rotatable bonds is 3. The van der Waals surface area contributed by atoms with Gasteiger partial charge in [0.05, 0.1) is 17.7 Å². The third kappa shape index (κ3) is 2.64. The number of aryl methyl sites for hydroxylation is 1. The topological polar surface area (TPSA) is 88.0 Å². The molecule has 0 atom stereocenters. The maximum atomic E-state index is 11.7. The number of carbonyl (C=O) groups excluding carboxylic acids is 1. The van der Waals surface area contributed by atoms with Crippen LogP contribution in [0, 0.1) is 6.92 Å². The van der Waals surface area contributed by atoms with E-state index in [-0.39, 0.29) is 0 Å². The third-order valence-corrected chi connectivity index (χ3v) is 2.58. The van der Waals surface area contributed by atoms with Gasteiger partial charge in [0.1, 0.15) is 0 Å². The number of fused-ring (bicyclic) bond motifs is 1. The lowest BCUT2D eigenvalue weighted by Crippen LogP contribution is -2.04. The Hall–Kier alpha value is -2.59. The first-order valence-electron chi connectivity index (χ1n) is 5.79. The predicted molar refractivity (Wildman–Crippen MR) is 71.2 cm³/mol. The summed E-state index contributed by atoms with van der Waals surface area (Å²) in [6.07, 6.45) is 0. The summed E-state index contributed by atoms with van der Waals surface area (Å²) in [4.78, 5) is 18.8. The molecular weight excluding hydrogens is 244 g/mol. The van der Waals surface area contributed by atoms with E-state index < -0.39 is 5.97 Å². The molecule has 2 rings (SSSR count). The standard InChI is InChI=1S/C13H12N4O2/c1-3-19-13(18)9-4-5-11-10(7-9)12(16-17-14)6-8(2)15-11/h4-7H,3H2,1-2H3. The Labute approximate surface area is 109 Å². The van der Waals surface area contributed by atoms with Gasteiger partial charge in [-0.3, -0.25) is 4.98 Å². The zero-order valence-corrected chi connectivity index (χ0v) is 10.6. The molecular formula is C13H12N4O2. The summed E-state index contributed by atoms with van der Waals surface area (Å²) in [6, 6.07) is 6.67. The Morgan fingerprint density at radius 3 is 2.95 bits per heavy atom. The van der Waals surface area contributed by atoms with Crippen LogP contribution in [-0.2, 0) is 4.74 Å². The molecule has 0 fully saturated rings. The van der Waals surface area contributed by atoms with E-state index in [1.165, 1.54) is 0 Å². The smallest absolute Gasteiger partial charge is 0.338 e. The van der Waals surface area contributed by atoms with Gasteiger partial charge in [0.2, 0.25) is 0 Å². The number of esters is 1. The molecule has 1 aromatic heterocycles. The normalized spacial score (nSPS) is 10.0. The predicted octanol–water partition coefficient (Wildman–Crippen LogP) is 3.66. The molecule has 1 aromatic carbocycles. The fourth-order valence-corrected chi connectivity index (χ4v) is 1.81. The van der Waals surface area contributed by atoms with Crippen molar-refractivity contribution in [1.29, 1.82) is 0 Å². The fourth-order valence-electron chi connectivity index (χ4n) is 1.81. The van der Waals surface area contributed by atoms with Crippen LogP contribution in [0.3, 0.4) is 0 Å². The van der Waals surface area contributed by atoms with E-state index in [1.807, 2.05) is 6.92 Å². The number of aromatic nitrogens is 1. The molecule has 96 valence electrons. The molecule has 0 saturated carbocycles. The highest BCUT2D eigenvalue weighted by molar-refractivity contribution is 5.98. The lowest BCUT2D eigenvalue weighted by molar-refractivity contribution is 0.0526. The van der Waals surface area contributed by atoms with Crippen molar-refractivity contribution in [2.24, 2.45) is 5.11 Å². The molecule has 1 heterocycles. The Morgan fingerprint density at radius 1 is 1.47 bits per heavy atom. The number of azide groups is 1. The van der Waals surface area contributed by atoms with Crippen molar-refractivity contribution in [3.63, 3.8) is 0 Å². The van der Waals surface area contributed by atoms with E-state index in [2.05, 4.69) is 15.0 Å². The van der Waals surface area contributed by atoms with Gasteiger partial charge < -0.3 is 4.74 Å². The van der Waals surface area contributed by atoms with Crippen molar-refractivity contribution >= 4 is 22.6 Å². The minimum atomic E-state index is -0.406. The molecule has 0 aliphatic carbocycles. The number of carbonyl (C=O) groups is 1. The zero-order valence-electron chi connectivity index (χ0n) is 10.6. The molecule has 0 aliphatic rings. The van der Waals surface area contributed by atoms with Crippen molar-refractivity contribution < 1.29 is 9.53 Å². The van der Waals surface area contributed by atoms with E-state index in [4.69, 9.17) is 10.3 Å². The van der Waals surface area contributed by atoms with Crippen LogP contribution < -0.4 is 0 Å². The summed E-state index contributed by atoms with van der Waals surface area (Å²) in [6.45, 7) is 3.87. The highest BCUT2D eigenvalue weighted by atomic mass is 16.5. The van der Waals surface area contributed by atoms with Crippen LogP contribution in [0.25, 0.3) is 21.3 Å². The molecule has 0 radical (unpaired) electrons. The van der Waals surface area contributed by atoms with Gasteiger partial charge in [-0.05, 0) is 43.6 Å². The lowest BCUT2D eigenvalue weighted by Gasteiger charge is -2.06. The Balaban J connectivity index is 2.63. The highest BCUT2D eigenvalue weighted by Crippen LogP contribution is 2.27. The molecule has 6 nitrogen and oxygen atoms in total. The molecule has 2 aromatic rings. The second kappa shape index (κ2) is 5.37. The Kier molecular flexibility index (Phi) is 3.63. The third-order valence-electron chi connectivity index (χ3n) is 2.58. The van der Waals surface area contributed by atoms with E-state index >= 15 is 0 Å². The second-order valence-electron chi connectivity index (χ2n) is 3.92. The van der Waals surface area contributed by atoms with Crippen LogP contribution in [-0.4, -0.2) is 17.6 Å². The molecule has 0 saturated heterocycles. The first-order chi connectivity index (χ1) is 9.15. The summed E-state index contributed by atoms with van der Waals surface area (Å²) >= 11 is 0. The Morgan fingerprint density at radius 2 is 2.26 bits per heavy atom. The van der Waals surface area contributed by atoms with Crippen LogP contribution >= 0.6 is 0 Å². The van der Waals surface area contributed by atoms with Gasteiger partial charge in [0.15, 0.2) is 0 Å². The van der Waals surface area contributed by atoms with Gasteiger partial charge in [-0.2, -0.15) is 0 Å². The van der Waals surface area contributed by atoms with E-state index in [0.29, 0.717) is 28.8 Å². The monoisotopic (exact) mass is 256 g/mol. The van der Waals surface area contributed by atoms with Gasteiger partial charge in [-0.1, -0.05) is 5.11 Å². The first kappa shape index (κ1) is 12.9. The summed E-state index contributed by atoms with van der Waals surface area (Å²) in [7, 11) is 0. The molecule has 0 spiro atoms. The van der Waals surface area contributed by atoms with Crippen LogP contribution in [0.1, 0.15) is 23.0 Å². The molecule has 0 aliphatic heterocycles. The summed E-state index contributed by atoms with van der Waals surface area (Å²) in [5.41, 5.74) is 10.9. The van der Waals surface area contributed by atoms with Crippen molar-refractivity contribution in [3.8, 4) is 0 Å².